The van der Waals surface area contributed by atoms with Crippen LogP contribution < -0.4 is 10.4 Å². The van der Waals surface area contributed by atoms with Gasteiger partial charge in [0.1, 0.15) is 21.9 Å². The number of hydrogen-bond donors (Lipinski definition) is 0. The fourth-order valence-electron chi connectivity index (χ4n) is 3.99. The van der Waals surface area contributed by atoms with E-state index in [-0.39, 0.29) is 11.7 Å². The van der Waals surface area contributed by atoms with Crippen molar-refractivity contribution >= 4 is 26.9 Å². The molecule has 0 spiro atoms. The second-order valence-corrected chi connectivity index (χ2v) is 7.55. The third-order valence-electron chi connectivity index (χ3n) is 5.26. The fourth-order valence-corrected chi connectivity index (χ4v) is 4.32. The Kier molecular flexibility index (Phi) is 3.93. The molecular weight excluding hydrogens is 358 g/mol. The van der Waals surface area contributed by atoms with E-state index in [0.717, 1.165) is 24.0 Å². The van der Waals surface area contributed by atoms with Gasteiger partial charge in [0.15, 0.2) is 0 Å². The molecule has 2 atom stereocenters. The van der Waals surface area contributed by atoms with E-state index in [1.54, 1.807) is 6.07 Å². The number of nitrogens with zero attached hydrogens (tertiary/aromatic N) is 1. The van der Waals surface area contributed by atoms with Crippen LogP contribution in [-0.4, -0.2) is 30.1 Å². The third-order valence-corrected chi connectivity index (χ3v) is 5.82. The van der Waals surface area contributed by atoms with Crippen LogP contribution in [0.5, 0.6) is 5.75 Å². The zero-order valence-corrected chi connectivity index (χ0v) is 14.7. The van der Waals surface area contributed by atoms with E-state index in [1.807, 2.05) is 18.2 Å². The molecule has 2 aliphatic rings. The molecule has 4 nitrogen and oxygen atoms in total. The van der Waals surface area contributed by atoms with Crippen molar-refractivity contribution in [1.29, 1.82) is 0 Å². The van der Waals surface area contributed by atoms with E-state index in [2.05, 4.69) is 27.9 Å². The number of fused-ring (bicyclic) bond motifs is 3. The van der Waals surface area contributed by atoms with Crippen molar-refractivity contribution < 1.29 is 9.15 Å². The lowest BCUT2D eigenvalue weighted by Gasteiger charge is -2.46. The highest BCUT2D eigenvalue weighted by Crippen LogP contribution is 2.34. The SMILES string of the molecule is CN1C2CCCC1CC(Oc1ccc3cc(Br)c(=O)oc3c1)C2. The molecule has 122 valence electrons. The molecule has 0 amide bonds. The molecule has 2 aliphatic heterocycles. The maximum atomic E-state index is 11.6. The van der Waals surface area contributed by atoms with Gasteiger partial charge in [-0.3, -0.25) is 0 Å². The first kappa shape index (κ1) is 15.2. The van der Waals surface area contributed by atoms with Gasteiger partial charge in [-0.2, -0.15) is 0 Å². The number of rotatable bonds is 2. The summed E-state index contributed by atoms with van der Waals surface area (Å²) in [5.41, 5.74) is 0.215. The number of hydrogen-bond acceptors (Lipinski definition) is 4. The van der Waals surface area contributed by atoms with E-state index in [1.165, 1.54) is 19.3 Å². The fraction of sp³-hybridized carbons (Fsp3) is 0.500. The van der Waals surface area contributed by atoms with Crippen LogP contribution in [0.15, 0.2) is 37.9 Å². The first-order chi connectivity index (χ1) is 11.1. The van der Waals surface area contributed by atoms with E-state index in [0.29, 0.717) is 22.1 Å². The van der Waals surface area contributed by atoms with Crippen molar-refractivity contribution in [2.24, 2.45) is 0 Å². The summed E-state index contributed by atoms with van der Waals surface area (Å²) in [6.45, 7) is 0. The smallest absolute Gasteiger partial charge is 0.350 e. The Bertz CT molecular complexity index is 773. The van der Waals surface area contributed by atoms with Gasteiger partial charge in [-0.1, -0.05) is 6.42 Å². The molecule has 5 heteroatoms. The summed E-state index contributed by atoms with van der Waals surface area (Å²) in [4.78, 5) is 14.2. The van der Waals surface area contributed by atoms with Gasteiger partial charge < -0.3 is 14.1 Å². The van der Waals surface area contributed by atoms with Crippen LogP contribution in [0, 0.1) is 0 Å². The molecule has 0 aliphatic carbocycles. The molecule has 2 saturated heterocycles. The normalized spacial score (nSPS) is 28.0. The topological polar surface area (TPSA) is 42.7 Å². The summed E-state index contributed by atoms with van der Waals surface area (Å²) in [5, 5.41) is 0.893. The minimum absolute atomic E-state index is 0.251. The standard InChI is InChI=1S/C18H20BrNO3/c1-20-12-3-2-4-13(20)9-15(8-12)22-14-6-5-11-7-16(19)18(21)23-17(11)10-14/h5-7,10,12-13,15H,2-4,8-9H2,1H3. The van der Waals surface area contributed by atoms with E-state index in [4.69, 9.17) is 9.15 Å². The molecule has 0 radical (unpaired) electrons. The Morgan fingerprint density at radius 1 is 1.22 bits per heavy atom. The van der Waals surface area contributed by atoms with Crippen molar-refractivity contribution in [3.05, 3.63) is 39.2 Å². The van der Waals surface area contributed by atoms with Gasteiger partial charge in [-0.25, -0.2) is 4.79 Å². The molecule has 2 unspecified atom stereocenters. The number of benzene rings is 1. The minimum Gasteiger partial charge on any atom is -0.490 e. The Labute approximate surface area is 143 Å². The zero-order valence-electron chi connectivity index (χ0n) is 13.1. The van der Waals surface area contributed by atoms with Crippen LogP contribution in [0.3, 0.4) is 0 Å². The van der Waals surface area contributed by atoms with E-state index in [9.17, 15) is 4.79 Å². The summed E-state index contributed by atoms with van der Waals surface area (Å²) in [5.74, 6) is 0.788. The molecule has 2 fully saturated rings. The molecule has 2 bridgehead atoms. The van der Waals surface area contributed by atoms with Gasteiger partial charge in [0.25, 0.3) is 0 Å². The van der Waals surface area contributed by atoms with Crippen molar-refractivity contribution in [1.82, 2.24) is 4.90 Å². The predicted molar refractivity (Wildman–Crippen MR) is 93.0 cm³/mol. The molecule has 4 rings (SSSR count). The Hall–Kier alpha value is -1.33. The highest BCUT2D eigenvalue weighted by Gasteiger charge is 2.36. The first-order valence-corrected chi connectivity index (χ1v) is 9.01. The lowest BCUT2D eigenvalue weighted by Crippen LogP contribution is -2.52. The highest BCUT2D eigenvalue weighted by atomic mass is 79.9. The van der Waals surface area contributed by atoms with Crippen LogP contribution in [0.2, 0.25) is 0 Å². The third kappa shape index (κ3) is 2.92. The number of piperidine rings is 2. The number of halogens is 1. The zero-order chi connectivity index (χ0) is 16.0. The quantitative estimate of drug-likeness (QED) is 0.743. The molecule has 2 aromatic rings. The summed E-state index contributed by atoms with van der Waals surface area (Å²) in [6.07, 6.45) is 6.29. The minimum atomic E-state index is -0.358. The Balaban J connectivity index is 1.56. The molecule has 0 N–H and O–H groups in total. The highest BCUT2D eigenvalue weighted by molar-refractivity contribution is 9.10. The largest absolute Gasteiger partial charge is 0.490 e. The summed E-state index contributed by atoms with van der Waals surface area (Å²) >= 11 is 3.21. The summed E-state index contributed by atoms with van der Waals surface area (Å²) in [7, 11) is 2.24. The van der Waals surface area contributed by atoms with Crippen molar-refractivity contribution in [2.75, 3.05) is 7.05 Å². The average Bonchev–Trinajstić information content (AvgIpc) is 2.50. The molecule has 0 saturated carbocycles. The van der Waals surface area contributed by atoms with Crippen molar-refractivity contribution in [3.63, 3.8) is 0 Å². The molecule has 3 heterocycles. The van der Waals surface area contributed by atoms with Crippen molar-refractivity contribution in [2.45, 2.75) is 50.3 Å². The van der Waals surface area contributed by atoms with Crippen LogP contribution in [0.25, 0.3) is 11.0 Å². The van der Waals surface area contributed by atoms with E-state index < -0.39 is 0 Å². The summed E-state index contributed by atoms with van der Waals surface area (Å²) in [6, 6.07) is 8.79. The van der Waals surface area contributed by atoms with Gasteiger partial charge in [0.2, 0.25) is 0 Å². The maximum absolute atomic E-state index is 11.6. The number of ether oxygens (including phenoxy) is 1. The van der Waals surface area contributed by atoms with Crippen molar-refractivity contribution in [3.8, 4) is 5.75 Å². The van der Waals surface area contributed by atoms with Gasteiger partial charge >= 0.3 is 5.63 Å². The van der Waals surface area contributed by atoms with Crippen LogP contribution >= 0.6 is 15.9 Å². The lowest BCUT2D eigenvalue weighted by molar-refractivity contribution is 0.000166. The second kappa shape index (κ2) is 5.95. The van der Waals surface area contributed by atoms with Gasteiger partial charge in [0.05, 0.1) is 0 Å². The van der Waals surface area contributed by atoms with E-state index >= 15 is 0 Å². The summed E-state index contributed by atoms with van der Waals surface area (Å²) < 4.78 is 12.0. The maximum Gasteiger partial charge on any atom is 0.350 e. The molecule has 1 aromatic heterocycles. The van der Waals surface area contributed by atoms with Crippen LogP contribution in [0.4, 0.5) is 0 Å². The van der Waals surface area contributed by atoms with Crippen LogP contribution in [-0.2, 0) is 0 Å². The monoisotopic (exact) mass is 377 g/mol. The second-order valence-electron chi connectivity index (χ2n) is 6.70. The van der Waals surface area contributed by atoms with Gasteiger partial charge in [0, 0.05) is 23.5 Å². The predicted octanol–water partition coefficient (Wildman–Crippen LogP) is 3.95. The molecule has 23 heavy (non-hydrogen) atoms. The molecular formula is C18H20BrNO3. The Morgan fingerprint density at radius 2 is 1.96 bits per heavy atom. The average molecular weight is 378 g/mol. The van der Waals surface area contributed by atoms with Gasteiger partial charge in [-0.15, -0.1) is 0 Å². The lowest BCUT2D eigenvalue weighted by atomic mass is 9.83. The van der Waals surface area contributed by atoms with Crippen LogP contribution in [0.1, 0.15) is 32.1 Å². The Morgan fingerprint density at radius 3 is 2.70 bits per heavy atom. The van der Waals surface area contributed by atoms with Gasteiger partial charge in [-0.05, 0) is 66.9 Å². The first-order valence-electron chi connectivity index (χ1n) is 8.22. The molecule has 1 aromatic carbocycles.